The summed E-state index contributed by atoms with van der Waals surface area (Å²) in [5.74, 6) is -0.133. The summed E-state index contributed by atoms with van der Waals surface area (Å²) in [6.07, 6.45) is 5.68. The first-order valence-electron chi connectivity index (χ1n) is 16.2. The van der Waals surface area contributed by atoms with Gasteiger partial charge < -0.3 is 30.9 Å². The largest absolute Gasteiger partial charge is 0.496 e. The fourth-order valence-electron chi connectivity index (χ4n) is 6.04. The third-order valence-electron chi connectivity index (χ3n) is 8.88. The third kappa shape index (κ3) is 10.8. The van der Waals surface area contributed by atoms with E-state index in [0.717, 1.165) is 52.6 Å². The van der Waals surface area contributed by atoms with Crippen molar-refractivity contribution in [2.45, 2.75) is 58.3 Å². The molecule has 0 spiro atoms. The molecule has 2 aromatic carbocycles. The highest BCUT2D eigenvalue weighted by atomic mass is 35.5. The van der Waals surface area contributed by atoms with Crippen LogP contribution in [0, 0.1) is 13.8 Å². The summed E-state index contributed by atoms with van der Waals surface area (Å²) >= 11 is 0. The third-order valence-corrected chi connectivity index (χ3v) is 8.88. The Morgan fingerprint density at radius 2 is 1.49 bits per heavy atom. The molecule has 0 aliphatic heterocycles. The van der Waals surface area contributed by atoms with Crippen LogP contribution >= 0.6 is 37.2 Å². The number of nitrogens with zero attached hydrogens (tertiary/aromatic N) is 3. The molecule has 1 aliphatic rings. The SMILES string of the molecule is COc1cc(C(=O)Nc2cccc(-c3cccc(NC(=O)c4ccc(CN(C)CCO)cn4)c3C)c2C)ncc1CN[C@@H]1CCC[C@H]1O.Cl.Cl.Cl. The number of rotatable bonds is 13. The highest BCUT2D eigenvalue weighted by Crippen LogP contribution is 2.34. The number of likely N-dealkylation sites (N-methyl/N-ethyl adjacent to an activating group) is 1. The topological polar surface area (TPSA) is 149 Å². The molecule has 51 heavy (non-hydrogen) atoms. The van der Waals surface area contributed by atoms with E-state index in [1.165, 1.54) is 0 Å². The van der Waals surface area contributed by atoms with Crippen molar-refractivity contribution in [3.63, 3.8) is 0 Å². The number of carbonyl (C=O) groups excluding carboxylic acids is 2. The van der Waals surface area contributed by atoms with E-state index >= 15 is 0 Å². The van der Waals surface area contributed by atoms with Gasteiger partial charge in [-0.05, 0) is 86.2 Å². The minimum Gasteiger partial charge on any atom is -0.496 e. The number of aliphatic hydroxyl groups is 2. The van der Waals surface area contributed by atoms with E-state index in [1.807, 2.05) is 68.3 Å². The number of halogens is 3. The number of methoxy groups -OCH3 is 1. The summed E-state index contributed by atoms with van der Waals surface area (Å²) in [6, 6.07) is 16.7. The zero-order valence-electron chi connectivity index (χ0n) is 29.1. The molecule has 1 saturated carbocycles. The number of aliphatic hydroxyl groups excluding tert-OH is 2. The number of aromatic nitrogens is 2. The maximum atomic E-state index is 13.3. The number of benzene rings is 2. The first-order chi connectivity index (χ1) is 23.2. The summed E-state index contributed by atoms with van der Waals surface area (Å²) in [4.78, 5) is 37.2. The zero-order valence-corrected chi connectivity index (χ0v) is 31.6. The molecule has 2 aromatic heterocycles. The predicted octanol–water partition coefficient (Wildman–Crippen LogP) is 5.97. The molecule has 5 rings (SSSR count). The van der Waals surface area contributed by atoms with Gasteiger partial charge in [0.2, 0.25) is 0 Å². The van der Waals surface area contributed by atoms with Crippen molar-refractivity contribution in [2.24, 2.45) is 0 Å². The van der Waals surface area contributed by atoms with Gasteiger partial charge in [-0.3, -0.25) is 24.5 Å². The number of hydrogen-bond donors (Lipinski definition) is 5. The number of amides is 2. The fraction of sp³-hybridized carbons (Fsp3) is 0.351. The van der Waals surface area contributed by atoms with Crippen molar-refractivity contribution in [2.75, 3.05) is 37.9 Å². The van der Waals surface area contributed by atoms with Gasteiger partial charge >= 0.3 is 0 Å². The number of anilines is 2. The fourth-order valence-corrected chi connectivity index (χ4v) is 6.04. The van der Waals surface area contributed by atoms with E-state index < -0.39 is 0 Å². The van der Waals surface area contributed by atoms with E-state index in [2.05, 4.69) is 25.9 Å². The van der Waals surface area contributed by atoms with Gasteiger partial charge in [0.05, 0.1) is 19.8 Å². The van der Waals surface area contributed by atoms with Gasteiger partial charge in [0.1, 0.15) is 17.1 Å². The van der Waals surface area contributed by atoms with E-state index in [1.54, 1.807) is 31.6 Å². The molecule has 0 unspecified atom stereocenters. The predicted molar refractivity (Wildman–Crippen MR) is 208 cm³/mol. The number of hydrogen-bond acceptors (Lipinski definition) is 9. The average molecular weight is 762 g/mol. The quantitative estimate of drug-likeness (QED) is 0.111. The van der Waals surface area contributed by atoms with Crippen molar-refractivity contribution >= 4 is 60.4 Å². The van der Waals surface area contributed by atoms with Crippen molar-refractivity contribution < 1.29 is 24.5 Å². The van der Waals surface area contributed by atoms with E-state index in [4.69, 9.17) is 9.84 Å². The van der Waals surface area contributed by atoms with Gasteiger partial charge in [-0.15, -0.1) is 37.2 Å². The molecule has 1 fully saturated rings. The minimum atomic E-state index is -0.365. The smallest absolute Gasteiger partial charge is 0.274 e. The summed E-state index contributed by atoms with van der Waals surface area (Å²) in [7, 11) is 3.47. The van der Waals surface area contributed by atoms with Crippen LogP contribution in [0.3, 0.4) is 0 Å². The van der Waals surface area contributed by atoms with Gasteiger partial charge in [0.15, 0.2) is 0 Å². The van der Waals surface area contributed by atoms with E-state index in [-0.39, 0.29) is 73.5 Å². The van der Waals surface area contributed by atoms with E-state index in [0.29, 0.717) is 42.5 Å². The van der Waals surface area contributed by atoms with Crippen molar-refractivity contribution in [3.05, 3.63) is 101 Å². The Kier molecular flexibility index (Phi) is 17.2. The van der Waals surface area contributed by atoms with Crippen LogP contribution in [0.25, 0.3) is 11.1 Å². The first-order valence-corrected chi connectivity index (χ1v) is 16.2. The van der Waals surface area contributed by atoms with Crippen molar-refractivity contribution in [3.8, 4) is 16.9 Å². The normalized spacial score (nSPS) is 14.9. The van der Waals surface area contributed by atoms with Crippen LogP contribution in [0.15, 0.2) is 67.0 Å². The molecule has 1 aliphatic carbocycles. The second kappa shape index (κ2) is 20.3. The van der Waals surface area contributed by atoms with E-state index in [9.17, 15) is 14.7 Å². The molecule has 0 saturated heterocycles. The summed E-state index contributed by atoms with van der Waals surface area (Å²) in [5.41, 5.74) is 7.15. The lowest BCUT2D eigenvalue weighted by Crippen LogP contribution is -2.35. The van der Waals surface area contributed by atoms with Gasteiger partial charge in [0.25, 0.3) is 11.8 Å². The molecule has 0 bridgehead atoms. The second-order valence-electron chi connectivity index (χ2n) is 12.2. The molecule has 2 heterocycles. The molecule has 2 amide bonds. The van der Waals surface area contributed by atoms with Gasteiger partial charge in [-0.25, -0.2) is 0 Å². The van der Waals surface area contributed by atoms with Crippen LogP contribution in [0.1, 0.15) is 62.5 Å². The summed E-state index contributed by atoms with van der Waals surface area (Å²) < 4.78 is 5.57. The Balaban J connectivity index is 0.00000300. The van der Waals surface area contributed by atoms with Crippen LogP contribution in [-0.4, -0.2) is 76.4 Å². The Bertz CT molecular complexity index is 1760. The van der Waals surface area contributed by atoms with Crippen LogP contribution in [0.2, 0.25) is 0 Å². The van der Waals surface area contributed by atoms with Crippen LogP contribution in [-0.2, 0) is 13.1 Å². The number of ether oxygens (including phenoxy) is 1. The molecule has 11 nitrogen and oxygen atoms in total. The Morgan fingerprint density at radius 3 is 2.02 bits per heavy atom. The highest BCUT2D eigenvalue weighted by Gasteiger charge is 2.25. The Labute approximate surface area is 317 Å². The molecule has 5 N–H and O–H groups in total. The van der Waals surface area contributed by atoms with Gasteiger partial charge in [0, 0.05) is 61.1 Å². The van der Waals surface area contributed by atoms with Crippen molar-refractivity contribution in [1.29, 1.82) is 0 Å². The van der Waals surface area contributed by atoms with Crippen LogP contribution in [0.5, 0.6) is 5.75 Å². The van der Waals surface area contributed by atoms with Gasteiger partial charge in [-0.2, -0.15) is 0 Å². The Hall–Kier alpha value is -3.81. The number of nitrogens with one attached hydrogen (secondary N) is 3. The maximum Gasteiger partial charge on any atom is 0.274 e. The first kappa shape index (κ1) is 43.4. The minimum absolute atomic E-state index is 0. The molecule has 276 valence electrons. The Morgan fingerprint density at radius 1 is 0.882 bits per heavy atom. The standard InChI is InChI=1S/C37H44N6O5.3ClH/c1-23-27(8-5-10-29(23)41-36(46)32-15-14-25(19-38-32)22-43(3)16-17-44)28-9-6-11-30(24(28)2)42-37(47)33-18-35(48-4)26(21-40-33)20-39-31-12-7-13-34(31)45;;;/h5-6,8-11,14-15,18-19,21,31,34,39,44-45H,7,12-13,16-17,20,22H2,1-4H3,(H,41,46)(H,42,47);3*1H/t31-,34-;;;/m1.../s1. The lowest BCUT2D eigenvalue weighted by atomic mass is 9.94. The molecule has 4 aromatic rings. The highest BCUT2D eigenvalue weighted by molar-refractivity contribution is 6.05. The lowest BCUT2D eigenvalue weighted by Gasteiger charge is -2.18. The molecule has 14 heteroatoms. The number of carbonyl (C=O) groups is 2. The number of pyridine rings is 2. The summed E-state index contributed by atoms with van der Waals surface area (Å²) in [5, 5.41) is 28.6. The van der Waals surface area contributed by atoms with Crippen LogP contribution in [0.4, 0.5) is 11.4 Å². The summed E-state index contributed by atoms with van der Waals surface area (Å²) in [6.45, 7) is 5.63. The average Bonchev–Trinajstić information content (AvgIpc) is 3.50. The molecular weight excluding hydrogens is 715 g/mol. The zero-order chi connectivity index (χ0) is 34.2. The molecule has 2 atom stereocenters. The van der Waals surface area contributed by atoms with Gasteiger partial charge in [-0.1, -0.05) is 30.3 Å². The van der Waals surface area contributed by atoms with Crippen LogP contribution < -0.4 is 20.7 Å². The molecule has 0 radical (unpaired) electrons. The second-order valence-corrected chi connectivity index (χ2v) is 12.2. The monoisotopic (exact) mass is 760 g/mol. The lowest BCUT2D eigenvalue weighted by molar-refractivity contribution is 0.101. The maximum absolute atomic E-state index is 13.3. The molecular formula is C37H47Cl3N6O5. The van der Waals surface area contributed by atoms with Crippen molar-refractivity contribution in [1.82, 2.24) is 20.2 Å².